The first-order valence-electron chi connectivity index (χ1n) is 11.3. The number of carbonyl (C=O) groups excluding carboxylic acids is 4. The first kappa shape index (κ1) is 23.3. The van der Waals surface area contributed by atoms with E-state index in [0.717, 1.165) is 5.56 Å². The van der Waals surface area contributed by atoms with E-state index in [0.29, 0.717) is 44.0 Å². The van der Waals surface area contributed by atoms with Gasteiger partial charge < -0.3 is 30.2 Å². The molecular weight excluding hydrogens is 438 g/mol. The van der Waals surface area contributed by atoms with Crippen LogP contribution in [0.25, 0.3) is 0 Å². The van der Waals surface area contributed by atoms with E-state index in [9.17, 15) is 19.2 Å². The van der Waals surface area contributed by atoms with Crippen LogP contribution in [0.15, 0.2) is 48.5 Å². The van der Waals surface area contributed by atoms with Gasteiger partial charge in [0.25, 0.3) is 5.91 Å². The van der Waals surface area contributed by atoms with Gasteiger partial charge in [0, 0.05) is 23.2 Å². The molecule has 2 heterocycles. The molecule has 2 aliphatic heterocycles. The van der Waals surface area contributed by atoms with Crippen LogP contribution in [0.5, 0.6) is 11.5 Å². The van der Waals surface area contributed by atoms with Gasteiger partial charge in [0.1, 0.15) is 25.5 Å². The van der Waals surface area contributed by atoms with Crippen LogP contribution in [0.1, 0.15) is 33.0 Å². The molecule has 0 aromatic heterocycles. The number of amides is 3. The molecule has 0 aliphatic carbocycles. The summed E-state index contributed by atoms with van der Waals surface area (Å²) < 4.78 is 11.2. The molecule has 0 unspecified atom stereocenters. The maximum Gasteiger partial charge on any atom is 0.255 e. The van der Waals surface area contributed by atoms with Gasteiger partial charge in [-0.1, -0.05) is 36.4 Å². The zero-order chi connectivity index (χ0) is 23.9. The van der Waals surface area contributed by atoms with Crippen molar-refractivity contribution >= 4 is 24.0 Å². The molecular formula is C25H33N3O6. The quantitative estimate of drug-likeness (QED) is 0.479. The number of carbonyl (C=O) groups is 4. The van der Waals surface area contributed by atoms with Crippen LogP contribution in [0.4, 0.5) is 0 Å². The average Bonchev–Trinajstić information content (AvgIpc) is 3.27. The Balaban J connectivity index is 0.00000228. The second-order valence-electron chi connectivity index (χ2n) is 8.31. The predicted molar refractivity (Wildman–Crippen MR) is 129 cm³/mol. The molecule has 34 heavy (non-hydrogen) atoms. The van der Waals surface area contributed by atoms with Gasteiger partial charge in [0.2, 0.25) is 11.8 Å². The summed E-state index contributed by atoms with van der Waals surface area (Å²) in [6.07, 6.45) is 1.68. The highest BCUT2D eigenvalue weighted by atomic mass is 16.6. The fourth-order valence-electron chi connectivity index (χ4n) is 4.16. The van der Waals surface area contributed by atoms with Crippen molar-refractivity contribution in [1.29, 1.82) is 0 Å². The number of para-hydroxylation sites is 1. The molecule has 0 spiro atoms. The third-order valence-corrected chi connectivity index (χ3v) is 5.91. The summed E-state index contributed by atoms with van der Waals surface area (Å²) >= 11 is 0. The minimum Gasteiger partial charge on any atom is -0.486 e. The van der Waals surface area contributed by atoms with Crippen molar-refractivity contribution in [2.75, 3.05) is 19.8 Å². The van der Waals surface area contributed by atoms with Gasteiger partial charge in [-0.05, 0) is 30.5 Å². The monoisotopic (exact) mass is 471 g/mol. The highest BCUT2D eigenvalue weighted by molar-refractivity contribution is 6.00. The Kier molecular flexibility index (Phi) is 7.41. The summed E-state index contributed by atoms with van der Waals surface area (Å²) in [7, 11) is 0. The predicted octanol–water partition coefficient (Wildman–Crippen LogP) is 1.75. The highest BCUT2D eigenvalue weighted by Crippen LogP contribution is 2.33. The van der Waals surface area contributed by atoms with Gasteiger partial charge >= 0.3 is 0 Å². The lowest BCUT2D eigenvalue weighted by Crippen LogP contribution is -2.51. The van der Waals surface area contributed by atoms with Crippen LogP contribution in [-0.4, -0.2) is 55.8 Å². The summed E-state index contributed by atoms with van der Waals surface area (Å²) in [6, 6.07) is 12.5. The third-order valence-electron chi connectivity index (χ3n) is 5.91. The maximum absolute atomic E-state index is 13.2. The van der Waals surface area contributed by atoms with Crippen molar-refractivity contribution in [3.05, 3.63) is 59.7 Å². The van der Waals surface area contributed by atoms with E-state index in [4.69, 9.17) is 9.47 Å². The smallest absolute Gasteiger partial charge is 0.255 e. The standard InChI is InChI=1S/C25H27N3O6.3H2/c29-15-18(14-17-9-10-26-23(17)30)27-25(32)20(13-16-5-2-1-3-6-16)28-24(31)19-7-4-8-21-22(19)34-12-11-33-21;;;/h1-8,15,17-18,20H,9-14H2,(H,26,30)(H,27,32)(H,28,31);3*1H/t17-,18-,20-;;;/m0.../s1. The lowest BCUT2D eigenvalue weighted by Gasteiger charge is -2.24. The Morgan fingerprint density at radius 2 is 1.88 bits per heavy atom. The van der Waals surface area contributed by atoms with E-state index in [-0.39, 0.29) is 34.5 Å². The number of hydrogen-bond acceptors (Lipinski definition) is 6. The Bertz CT molecular complexity index is 1070. The molecule has 3 atom stereocenters. The van der Waals surface area contributed by atoms with Crippen LogP contribution in [0.2, 0.25) is 0 Å². The molecule has 0 bridgehead atoms. The molecule has 0 radical (unpaired) electrons. The van der Waals surface area contributed by atoms with E-state index in [1.807, 2.05) is 30.3 Å². The minimum atomic E-state index is -0.949. The van der Waals surface area contributed by atoms with Gasteiger partial charge in [-0.2, -0.15) is 0 Å². The fraction of sp³-hybridized carbons (Fsp3) is 0.360. The lowest BCUT2D eigenvalue weighted by atomic mass is 9.98. The number of nitrogens with one attached hydrogen (secondary N) is 3. The summed E-state index contributed by atoms with van der Waals surface area (Å²) in [5, 5.41) is 8.21. The summed E-state index contributed by atoms with van der Waals surface area (Å²) in [5.41, 5.74) is 1.10. The fourth-order valence-corrected chi connectivity index (χ4v) is 4.16. The average molecular weight is 472 g/mol. The van der Waals surface area contributed by atoms with E-state index >= 15 is 0 Å². The normalized spacial score (nSPS) is 18.4. The van der Waals surface area contributed by atoms with Crippen molar-refractivity contribution in [3.63, 3.8) is 0 Å². The molecule has 1 saturated heterocycles. The Morgan fingerprint density at radius 1 is 1.09 bits per heavy atom. The number of rotatable bonds is 9. The number of fused-ring (bicyclic) bond motifs is 1. The van der Waals surface area contributed by atoms with Crippen LogP contribution >= 0.6 is 0 Å². The minimum absolute atomic E-state index is 0. The second kappa shape index (κ2) is 10.8. The Morgan fingerprint density at radius 3 is 2.62 bits per heavy atom. The van der Waals surface area contributed by atoms with Gasteiger partial charge in [0.05, 0.1) is 11.6 Å². The van der Waals surface area contributed by atoms with Crippen LogP contribution in [-0.2, 0) is 20.8 Å². The molecule has 3 N–H and O–H groups in total. The number of hydrogen-bond donors (Lipinski definition) is 3. The molecule has 2 aromatic rings. The molecule has 3 amide bonds. The molecule has 9 heteroatoms. The van der Waals surface area contributed by atoms with Gasteiger partial charge in [-0.15, -0.1) is 0 Å². The van der Waals surface area contributed by atoms with Crippen molar-refractivity contribution < 1.29 is 32.9 Å². The summed E-state index contributed by atoms with van der Waals surface area (Å²) in [5.74, 6) is -0.634. The number of ether oxygens (including phenoxy) is 2. The molecule has 184 valence electrons. The number of benzene rings is 2. The zero-order valence-electron chi connectivity index (χ0n) is 18.6. The van der Waals surface area contributed by atoms with E-state index in [1.165, 1.54) is 0 Å². The van der Waals surface area contributed by atoms with Gasteiger partial charge in [-0.25, -0.2) is 0 Å². The van der Waals surface area contributed by atoms with Crippen LogP contribution < -0.4 is 25.4 Å². The zero-order valence-corrected chi connectivity index (χ0v) is 18.6. The summed E-state index contributed by atoms with van der Waals surface area (Å²) in [4.78, 5) is 49.9. The molecule has 2 aromatic carbocycles. The molecule has 4 rings (SSSR count). The third kappa shape index (κ3) is 5.54. The van der Waals surface area contributed by atoms with Crippen LogP contribution in [0.3, 0.4) is 0 Å². The molecule has 9 nitrogen and oxygen atoms in total. The van der Waals surface area contributed by atoms with Crippen LogP contribution in [0, 0.1) is 5.92 Å². The summed E-state index contributed by atoms with van der Waals surface area (Å²) in [6.45, 7) is 1.27. The number of aldehydes is 1. The van der Waals surface area contributed by atoms with Crippen molar-refractivity contribution in [2.24, 2.45) is 5.92 Å². The molecule has 0 saturated carbocycles. The second-order valence-corrected chi connectivity index (χ2v) is 8.31. The van der Waals surface area contributed by atoms with E-state index in [1.54, 1.807) is 18.2 Å². The topological polar surface area (TPSA) is 123 Å². The van der Waals surface area contributed by atoms with E-state index in [2.05, 4.69) is 16.0 Å². The van der Waals surface area contributed by atoms with Gasteiger partial charge in [0.15, 0.2) is 11.5 Å². The SMILES string of the molecule is O=C[C@H](C[C@@H]1CCNC1=O)NC(=O)[C@H](Cc1ccccc1)NC(=O)c1cccc2c1OCCO2.[HH].[HH].[HH]. The Labute approximate surface area is 201 Å². The van der Waals surface area contributed by atoms with Crippen molar-refractivity contribution in [3.8, 4) is 11.5 Å². The highest BCUT2D eigenvalue weighted by Gasteiger charge is 2.30. The maximum atomic E-state index is 13.2. The van der Waals surface area contributed by atoms with E-state index < -0.39 is 23.9 Å². The largest absolute Gasteiger partial charge is 0.486 e. The van der Waals surface area contributed by atoms with Gasteiger partial charge in [-0.3, -0.25) is 14.4 Å². The first-order chi connectivity index (χ1) is 16.5. The van der Waals surface area contributed by atoms with Crippen molar-refractivity contribution in [1.82, 2.24) is 16.0 Å². The lowest BCUT2D eigenvalue weighted by molar-refractivity contribution is -0.127. The molecule has 1 fully saturated rings. The van der Waals surface area contributed by atoms with Crippen molar-refractivity contribution in [2.45, 2.75) is 31.3 Å². The molecule has 2 aliphatic rings. The first-order valence-corrected chi connectivity index (χ1v) is 11.3. The Hall–Kier alpha value is -3.88.